The molecule has 0 unspecified atom stereocenters. The van der Waals surface area contributed by atoms with E-state index in [1.165, 1.54) is 11.4 Å². The third-order valence-electron chi connectivity index (χ3n) is 4.41. The zero-order chi connectivity index (χ0) is 15.4. The van der Waals surface area contributed by atoms with Crippen molar-refractivity contribution in [2.24, 2.45) is 0 Å². The van der Waals surface area contributed by atoms with Crippen molar-refractivity contribution in [3.8, 4) is 0 Å². The number of nitrogens with one attached hydrogen (secondary N) is 1. The van der Waals surface area contributed by atoms with Gasteiger partial charge in [-0.05, 0) is 25.7 Å². The number of hydrogen-bond donors (Lipinski definition) is 2. The van der Waals surface area contributed by atoms with Crippen molar-refractivity contribution >= 4 is 16.2 Å². The van der Waals surface area contributed by atoms with Crippen LogP contribution in [0.4, 0.5) is 0 Å². The maximum atomic E-state index is 12.4. The van der Waals surface area contributed by atoms with Crippen molar-refractivity contribution in [3.05, 3.63) is 0 Å². The molecule has 0 aromatic rings. The number of carbonyl (C=O) groups is 1. The van der Waals surface area contributed by atoms with E-state index in [1.54, 1.807) is 13.8 Å². The summed E-state index contributed by atoms with van der Waals surface area (Å²) in [6.45, 7) is 3.36. The fourth-order valence-corrected chi connectivity index (χ4v) is 4.32. The van der Waals surface area contributed by atoms with Crippen LogP contribution in [0.5, 0.6) is 0 Å². The van der Waals surface area contributed by atoms with Gasteiger partial charge in [0.1, 0.15) is 5.54 Å². The highest BCUT2D eigenvalue weighted by Crippen LogP contribution is 2.25. The molecule has 1 saturated carbocycles. The molecule has 1 aliphatic rings. The molecule has 0 amide bonds. The van der Waals surface area contributed by atoms with Crippen LogP contribution in [0.15, 0.2) is 0 Å². The molecule has 118 valence electrons. The van der Waals surface area contributed by atoms with E-state index in [0.29, 0.717) is 0 Å². The van der Waals surface area contributed by atoms with Gasteiger partial charge in [-0.3, -0.25) is 4.79 Å². The van der Waals surface area contributed by atoms with Crippen LogP contribution in [-0.4, -0.2) is 42.4 Å². The maximum Gasteiger partial charge on any atom is 0.324 e. The lowest BCUT2D eigenvalue weighted by Crippen LogP contribution is -2.58. The molecule has 0 atom stereocenters. The summed E-state index contributed by atoms with van der Waals surface area (Å²) in [6.07, 6.45) is 5.31. The first kappa shape index (κ1) is 17.4. The van der Waals surface area contributed by atoms with E-state index in [4.69, 9.17) is 0 Å². The van der Waals surface area contributed by atoms with Crippen LogP contribution in [0.25, 0.3) is 0 Å². The predicted octanol–water partition coefficient (Wildman–Crippen LogP) is 1.73. The highest BCUT2D eigenvalue weighted by Gasteiger charge is 2.41. The Morgan fingerprint density at radius 3 is 2.15 bits per heavy atom. The van der Waals surface area contributed by atoms with Crippen molar-refractivity contribution in [2.75, 3.05) is 7.05 Å². The lowest BCUT2D eigenvalue weighted by molar-refractivity contribution is -0.144. The number of carboxylic acids is 1. The molecule has 0 heterocycles. The average Bonchev–Trinajstić information content (AvgIpc) is 2.44. The van der Waals surface area contributed by atoms with Crippen LogP contribution >= 0.6 is 0 Å². The Labute approximate surface area is 121 Å². The fraction of sp³-hybridized carbons (Fsp3) is 0.923. The van der Waals surface area contributed by atoms with Gasteiger partial charge in [0.2, 0.25) is 0 Å². The van der Waals surface area contributed by atoms with Crippen molar-refractivity contribution < 1.29 is 18.3 Å². The molecule has 6 nitrogen and oxygen atoms in total. The van der Waals surface area contributed by atoms with E-state index in [2.05, 4.69) is 4.72 Å². The topological polar surface area (TPSA) is 86.7 Å². The van der Waals surface area contributed by atoms with E-state index in [9.17, 15) is 18.3 Å². The molecule has 0 aromatic carbocycles. The van der Waals surface area contributed by atoms with Crippen LogP contribution < -0.4 is 4.72 Å². The number of nitrogens with zero attached hydrogens (tertiary/aromatic N) is 1. The molecule has 1 rings (SSSR count). The Morgan fingerprint density at radius 2 is 1.75 bits per heavy atom. The van der Waals surface area contributed by atoms with E-state index in [1.807, 2.05) is 0 Å². The first-order chi connectivity index (χ1) is 9.29. The molecule has 0 spiro atoms. The van der Waals surface area contributed by atoms with Crippen LogP contribution in [0, 0.1) is 0 Å². The van der Waals surface area contributed by atoms with Gasteiger partial charge in [0.05, 0.1) is 0 Å². The first-order valence-corrected chi connectivity index (χ1v) is 8.73. The van der Waals surface area contributed by atoms with Gasteiger partial charge >= 0.3 is 5.97 Å². The van der Waals surface area contributed by atoms with Gasteiger partial charge < -0.3 is 5.11 Å². The van der Waals surface area contributed by atoms with E-state index in [0.717, 1.165) is 32.1 Å². The Balaban J connectivity index is 2.89. The molecule has 1 aliphatic carbocycles. The van der Waals surface area contributed by atoms with Gasteiger partial charge in [0.15, 0.2) is 0 Å². The minimum atomic E-state index is -3.78. The second-order valence-electron chi connectivity index (χ2n) is 5.51. The summed E-state index contributed by atoms with van der Waals surface area (Å²) in [5.41, 5.74) is -1.41. The van der Waals surface area contributed by atoms with Gasteiger partial charge in [-0.2, -0.15) is 17.4 Å². The van der Waals surface area contributed by atoms with Crippen LogP contribution in [0.1, 0.15) is 58.8 Å². The zero-order valence-electron chi connectivity index (χ0n) is 12.6. The number of rotatable bonds is 7. The highest BCUT2D eigenvalue weighted by molar-refractivity contribution is 7.87. The van der Waals surface area contributed by atoms with Gasteiger partial charge in [-0.1, -0.05) is 33.1 Å². The predicted molar refractivity (Wildman–Crippen MR) is 77.6 cm³/mol. The molecule has 2 N–H and O–H groups in total. The Morgan fingerprint density at radius 1 is 1.25 bits per heavy atom. The van der Waals surface area contributed by atoms with Crippen molar-refractivity contribution in [1.29, 1.82) is 0 Å². The minimum absolute atomic E-state index is 0.0264. The molecular weight excluding hydrogens is 280 g/mol. The summed E-state index contributed by atoms with van der Waals surface area (Å²) >= 11 is 0. The minimum Gasteiger partial charge on any atom is -0.480 e. The largest absolute Gasteiger partial charge is 0.480 e. The smallest absolute Gasteiger partial charge is 0.324 e. The standard InChI is InChI=1S/C13H26N2O4S/c1-4-13(5-2,12(16)17)14-20(18,19)15(3)11-9-7-6-8-10-11/h11,14H,4-10H2,1-3H3,(H,16,17). The molecule has 7 heteroatoms. The number of carboxylic acid groups (broad SMARTS) is 1. The fourth-order valence-electron chi connectivity index (χ4n) is 2.70. The second kappa shape index (κ2) is 6.87. The summed E-state index contributed by atoms with van der Waals surface area (Å²) in [5.74, 6) is -1.12. The molecule has 1 fully saturated rings. The van der Waals surface area contributed by atoms with Crippen LogP contribution in [-0.2, 0) is 15.0 Å². The number of hydrogen-bond acceptors (Lipinski definition) is 3. The van der Waals surface area contributed by atoms with Crippen LogP contribution in [0.2, 0.25) is 0 Å². The average molecular weight is 306 g/mol. The second-order valence-corrected chi connectivity index (χ2v) is 7.24. The molecule has 0 aliphatic heterocycles. The molecule has 0 aromatic heterocycles. The third-order valence-corrected chi connectivity index (χ3v) is 6.11. The summed E-state index contributed by atoms with van der Waals surface area (Å²) in [6, 6.07) is -0.0264. The van der Waals surface area contributed by atoms with E-state index < -0.39 is 21.7 Å². The summed E-state index contributed by atoms with van der Waals surface area (Å²) < 4.78 is 28.6. The molecule has 0 bridgehead atoms. The van der Waals surface area contributed by atoms with E-state index >= 15 is 0 Å². The normalized spacial score (nSPS) is 18.4. The quantitative estimate of drug-likeness (QED) is 0.750. The van der Waals surface area contributed by atoms with E-state index in [-0.39, 0.29) is 18.9 Å². The van der Waals surface area contributed by atoms with Crippen molar-refractivity contribution in [1.82, 2.24) is 9.03 Å². The Hall–Kier alpha value is -0.660. The summed E-state index contributed by atoms with van der Waals surface area (Å²) in [7, 11) is -2.25. The summed E-state index contributed by atoms with van der Waals surface area (Å²) in [5, 5.41) is 9.33. The molecule has 20 heavy (non-hydrogen) atoms. The molecule has 0 radical (unpaired) electrons. The number of aliphatic carboxylic acids is 1. The van der Waals surface area contributed by atoms with Gasteiger partial charge in [0, 0.05) is 13.1 Å². The van der Waals surface area contributed by atoms with Gasteiger partial charge in [-0.15, -0.1) is 0 Å². The van der Waals surface area contributed by atoms with Gasteiger partial charge in [-0.25, -0.2) is 0 Å². The zero-order valence-corrected chi connectivity index (χ0v) is 13.4. The Kier molecular flexibility index (Phi) is 5.97. The van der Waals surface area contributed by atoms with Crippen LogP contribution in [0.3, 0.4) is 0 Å². The highest BCUT2D eigenvalue weighted by atomic mass is 32.2. The van der Waals surface area contributed by atoms with Crippen molar-refractivity contribution in [3.63, 3.8) is 0 Å². The lowest BCUT2D eigenvalue weighted by Gasteiger charge is -2.34. The monoisotopic (exact) mass is 306 g/mol. The third kappa shape index (κ3) is 3.71. The SMILES string of the molecule is CCC(CC)(NS(=O)(=O)N(C)C1CCCCC1)C(=O)O. The van der Waals surface area contributed by atoms with Crippen molar-refractivity contribution in [2.45, 2.75) is 70.4 Å². The lowest BCUT2D eigenvalue weighted by atomic mass is 9.95. The Bertz CT molecular complexity index is 426. The molecular formula is C13H26N2O4S. The first-order valence-electron chi connectivity index (χ1n) is 7.29. The van der Waals surface area contributed by atoms with Gasteiger partial charge in [0.25, 0.3) is 10.2 Å². The maximum absolute atomic E-state index is 12.4. The summed E-state index contributed by atoms with van der Waals surface area (Å²) in [4.78, 5) is 11.4. The molecule has 0 saturated heterocycles.